The summed E-state index contributed by atoms with van der Waals surface area (Å²) >= 11 is 1.32. The molecule has 4 aromatic carbocycles. The Kier molecular flexibility index (Phi) is 14.0. The number of methoxy groups -OCH3 is 1. The van der Waals surface area contributed by atoms with E-state index in [0.717, 1.165) is 11.6 Å². The molecule has 2 fully saturated rings. The Hall–Kier alpha value is -6.75. The second kappa shape index (κ2) is 20.0. The molecule has 0 amide bonds. The number of phenols is 2. The van der Waals surface area contributed by atoms with Gasteiger partial charge in [0.05, 0.1) is 53.6 Å². The fourth-order valence-electron chi connectivity index (χ4n) is 7.82. The van der Waals surface area contributed by atoms with Crippen LogP contribution in [0.25, 0.3) is 20.8 Å². The number of carbonyl (C=O) groups is 4. The summed E-state index contributed by atoms with van der Waals surface area (Å²) < 4.78 is 34.3. The average Bonchev–Trinajstić information content (AvgIpc) is 3.75. The van der Waals surface area contributed by atoms with Crippen molar-refractivity contribution in [1.29, 1.82) is 0 Å². The topological polar surface area (TPSA) is 220 Å². The Bertz CT molecular complexity index is 2490. The number of aromatic nitrogens is 1. The number of hydrogen-bond donors (Lipinski definition) is 2. The van der Waals surface area contributed by atoms with E-state index in [4.69, 9.17) is 33.4 Å². The first-order valence-corrected chi connectivity index (χ1v) is 21.5. The highest BCUT2D eigenvalue weighted by molar-refractivity contribution is 7.21. The van der Waals surface area contributed by atoms with Gasteiger partial charge in [-0.2, -0.15) is 0 Å². The summed E-state index contributed by atoms with van der Waals surface area (Å²) in [6, 6.07) is 18.1. The Morgan fingerprint density at radius 1 is 0.698 bits per heavy atom. The number of nitro groups is 1. The van der Waals surface area contributed by atoms with Crippen molar-refractivity contribution >= 4 is 51.1 Å². The molecule has 0 radical (unpaired) electrons. The number of esters is 4. The van der Waals surface area contributed by atoms with Gasteiger partial charge < -0.3 is 38.6 Å². The van der Waals surface area contributed by atoms with Crippen LogP contribution in [-0.4, -0.2) is 64.3 Å². The lowest BCUT2D eigenvalue weighted by Gasteiger charge is -2.26. The molecule has 1 aromatic heterocycles. The van der Waals surface area contributed by atoms with Gasteiger partial charge in [-0.15, -0.1) is 11.3 Å². The van der Waals surface area contributed by atoms with Crippen molar-refractivity contribution in [2.45, 2.75) is 64.7 Å². The van der Waals surface area contributed by atoms with Crippen LogP contribution in [0.5, 0.6) is 40.2 Å². The molecular formula is C46H46N2O14S. The predicted octanol–water partition coefficient (Wildman–Crippen LogP) is 8.51. The maximum absolute atomic E-state index is 13.6. The highest BCUT2D eigenvalue weighted by Crippen LogP contribution is 2.40. The molecule has 17 heteroatoms. The number of fused-ring (bicyclic) bond motifs is 1. The van der Waals surface area contributed by atoms with Crippen LogP contribution in [0.15, 0.2) is 72.8 Å². The second-order valence-electron chi connectivity index (χ2n) is 15.4. The molecule has 63 heavy (non-hydrogen) atoms. The van der Waals surface area contributed by atoms with E-state index in [9.17, 15) is 39.5 Å². The molecule has 1 heterocycles. The van der Waals surface area contributed by atoms with Crippen LogP contribution in [0.3, 0.4) is 0 Å². The zero-order chi connectivity index (χ0) is 44.6. The molecule has 0 saturated heterocycles. The number of carbonyl (C=O) groups excluding carboxylic acids is 4. The maximum Gasteiger partial charge on any atom is 0.314 e. The first-order chi connectivity index (χ1) is 30.4. The van der Waals surface area contributed by atoms with Gasteiger partial charge in [-0.3, -0.25) is 29.3 Å². The van der Waals surface area contributed by atoms with E-state index in [1.165, 1.54) is 42.7 Å². The van der Waals surface area contributed by atoms with Crippen molar-refractivity contribution in [3.8, 4) is 50.8 Å². The third-order valence-corrected chi connectivity index (χ3v) is 12.5. The fourth-order valence-corrected chi connectivity index (χ4v) is 8.95. The number of ether oxygens (including phenoxy) is 6. The van der Waals surface area contributed by atoms with Crippen molar-refractivity contribution in [2.75, 3.05) is 20.3 Å². The minimum Gasteiger partial charge on any atom is -0.504 e. The Morgan fingerprint density at radius 3 is 1.83 bits per heavy atom. The number of hydrogen-bond acceptors (Lipinski definition) is 16. The largest absolute Gasteiger partial charge is 0.504 e. The van der Waals surface area contributed by atoms with Crippen LogP contribution in [0.4, 0.5) is 5.69 Å². The maximum atomic E-state index is 13.6. The molecule has 330 valence electrons. The number of rotatable bonds is 15. The molecule has 0 bridgehead atoms. The van der Waals surface area contributed by atoms with E-state index in [1.54, 1.807) is 42.5 Å². The highest BCUT2D eigenvalue weighted by Gasteiger charge is 2.34. The van der Waals surface area contributed by atoms with Crippen LogP contribution >= 0.6 is 11.3 Å². The number of benzene rings is 4. The van der Waals surface area contributed by atoms with Gasteiger partial charge in [0.1, 0.15) is 22.0 Å². The van der Waals surface area contributed by atoms with Crippen molar-refractivity contribution in [2.24, 2.45) is 23.7 Å². The lowest BCUT2D eigenvalue weighted by Crippen LogP contribution is -2.30. The average molecular weight is 883 g/mol. The molecule has 16 nitrogen and oxygen atoms in total. The van der Waals surface area contributed by atoms with E-state index in [-0.39, 0.29) is 35.5 Å². The zero-order valence-corrected chi connectivity index (χ0v) is 35.4. The van der Waals surface area contributed by atoms with E-state index in [0.29, 0.717) is 102 Å². The van der Waals surface area contributed by atoms with Crippen molar-refractivity contribution < 1.29 is 62.7 Å². The number of non-ortho nitro benzene ring substituents is 1. The molecule has 0 spiro atoms. The van der Waals surface area contributed by atoms with Crippen LogP contribution < -0.4 is 23.7 Å². The second-order valence-corrected chi connectivity index (χ2v) is 16.4. The van der Waals surface area contributed by atoms with E-state index in [1.807, 2.05) is 6.92 Å². The summed E-state index contributed by atoms with van der Waals surface area (Å²) in [5.41, 5.74) is 1.77. The van der Waals surface area contributed by atoms with Gasteiger partial charge in [-0.25, -0.2) is 4.98 Å². The van der Waals surface area contributed by atoms with Gasteiger partial charge in [0.15, 0.2) is 28.7 Å². The molecular weight excluding hydrogens is 837 g/mol. The van der Waals surface area contributed by atoms with Gasteiger partial charge in [0.2, 0.25) is 0 Å². The summed E-state index contributed by atoms with van der Waals surface area (Å²) in [4.78, 5) is 68.2. The summed E-state index contributed by atoms with van der Waals surface area (Å²) in [5.74, 6) is -2.43. The third-order valence-electron chi connectivity index (χ3n) is 11.3. The minimum absolute atomic E-state index is 0.0575. The Morgan fingerprint density at radius 2 is 1.25 bits per heavy atom. The molecule has 0 unspecified atom stereocenters. The molecule has 2 saturated carbocycles. The van der Waals surface area contributed by atoms with Crippen LogP contribution in [0.1, 0.15) is 63.9 Å². The molecule has 0 aliphatic heterocycles. The third kappa shape index (κ3) is 10.7. The monoisotopic (exact) mass is 882 g/mol. The van der Waals surface area contributed by atoms with Gasteiger partial charge in [-0.05, 0) is 106 Å². The van der Waals surface area contributed by atoms with Gasteiger partial charge in [0.25, 0.3) is 5.69 Å². The fraction of sp³-hybridized carbons (Fsp3) is 0.370. The minimum atomic E-state index is -0.485. The van der Waals surface area contributed by atoms with Crippen LogP contribution in [0.2, 0.25) is 0 Å². The number of nitro benzene ring substituents is 1. The highest BCUT2D eigenvalue weighted by atomic mass is 32.1. The number of aromatic hydroxyl groups is 2. The van der Waals surface area contributed by atoms with Gasteiger partial charge >= 0.3 is 23.9 Å². The molecule has 2 aliphatic rings. The summed E-state index contributed by atoms with van der Waals surface area (Å²) in [7, 11) is 1.51. The summed E-state index contributed by atoms with van der Waals surface area (Å²) in [6.45, 7) is 2.37. The Labute approximate surface area is 365 Å². The van der Waals surface area contributed by atoms with Crippen molar-refractivity contribution in [1.82, 2.24) is 4.98 Å². The molecule has 5 aromatic rings. The van der Waals surface area contributed by atoms with Crippen LogP contribution in [-0.2, 0) is 30.3 Å². The summed E-state index contributed by atoms with van der Waals surface area (Å²) in [6.07, 6.45) is 3.73. The Balaban J connectivity index is 0.968. The number of phenolic OH excluding ortho intramolecular Hbond substituents is 2. The SMILES string of the molecule is CCOc1ccc(OC(=O)C2CCC(C(=O)Oc3ccc(CCOC(=O)C4CCC(C(=O)Oc5ccc(O)c(O)c5)CC4)c4sc(-c5ccc([N+](=O)[O-])cc5)nc34)CC2)cc1OC. The molecule has 0 atom stereocenters. The van der Waals surface area contributed by atoms with E-state index in [2.05, 4.69) is 0 Å². The number of thiazole rings is 1. The van der Waals surface area contributed by atoms with Crippen LogP contribution in [0, 0.1) is 33.8 Å². The zero-order valence-electron chi connectivity index (χ0n) is 34.6. The normalized spacial score (nSPS) is 18.5. The first-order valence-electron chi connectivity index (χ1n) is 20.7. The standard InChI is InChI=1S/C46H46N2O14S/c1-3-58-37-21-18-34(25-39(37)57-2)61-45(53)30-8-10-31(11-9-30)46(54)62-38-20-14-26(41-40(38)47-42(63-41)27-12-15-32(16-13-27)48(55)56)22-23-59-43(51)28-4-6-29(7-5-28)44(52)60-33-17-19-35(49)36(50)24-33/h12-21,24-25,28-31,49-50H,3-11,22-23H2,1-2H3. The van der Waals surface area contributed by atoms with Crippen molar-refractivity contribution in [3.63, 3.8) is 0 Å². The van der Waals surface area contributed by atoms with E-state index >= 15 is 0 Å². The lowest BCUT2D eigenvalue weighted by atomic mass is 9.82. The predicted molar refractivity (Wildman–Crippen MR) is 228 cm³/mol. The number of nitrogens with zero attached hydrogens (tertiary/aromatic N) is 2. The van der Waals surface area contributed by atoms with E-state index < -0.39 is 52.3 Å². The molecule has 2 aliphatic carbocycles. The van der Waals surface area contributed by atoms with Crippen molar-refractivity contribution in [3.05, 3.63) is 88.5 Å². The quantitative estimate of drug-likeness (QED) is 0.0331. The molecule has 2 N–H and O–H groups in total. The summed E-state index contributed by atoms with van der Waals surface area (Å²) in [5, 5.41) is 31.1. The molecule has 7 rings (SSSR count). The first kappa shape index (κ1) is 44.3. The smallest absolute Gasteiger partial charge is 0.314 e. The van der Waals surface area contributed by atoms with Gasteiger partial charge in [-0.1, -0.05) is 6.07 Å². The van der Waals surface area contributed by atoms with Gasteiger partial charge in [0, 0.05) is 36.2 Å². The lowest BCUT2D eigenvalue weighted by molar-refractivity contribution is -0.384.